The molecule has 0 saturated heterocycles. The molecular weight excluding hydrogens is 342 g/mol. The molecule has 0 aliphatic heterocycles. The van der Waals surface area contributed by atoms with Gasteiger partial charge in [0.05, 0.1) is 0 Å². The monoisotopic (exact) mass is 375 g/mol. The number of ketones is 1. The van der Waals surface area contributed by atoms with Gasteiger partial charge >= 0.3 is 0 Å². The fourth-order valence-corrected chi connectivity index (χ4v) is 3.33. The lowest BCUT2D eigenvalue weighted by molar-refractivity contribution is -0.131. The molecule has 150 valence electrons. The van der Waals surface area contributed by atoms with E-state index in [-0.39, 0.29) is 35.0 Å². The first-order valence-electron chi connectivity index (χ1n) is 9.84. The second-order valence-electron chi connectivity index (χ2n) is 9.37. The van der Waals surface area contributed by atoms with Crippen LogP contribution in [0.3, 0.4) is 0 Å². The average Bonchev–Trinajstić information content (AvgIpc) is 2.49. The lowest BCUT2D eigenvalue weighted by Crippen LogP contribution is -2.42. The van der Waals surface area contributed by atoms with Gasteiger partial charge in [-0.25, -0.2) is 0 Å². The van der Waals surface area contributed by atoms with Crippen LogP contribution in [-0.2, 0) is 16.0 Å². The van der Waals surface area contributed by atoms with E-state index in [0.717, 1.165) is 32.1 Å². The largest absolute Gasteiger partial charge is 0.504 e. The van der Waals surface area contributed by atoms with Crippen LogP contribution >= 0.6 is 0 Å². The van der Waals surface area contributed by atoms with Crippen molar-refractivity contribution in [3.05, 3.63) is 17.7 Å². The molecule has 1 saturated carbocycles. The molecule has 1 fully saturated rings. The number of benzene rings is 1. The third kappa shape index (κ3) is 5.02. The van der Waals surface area contributed by atoms with Crippen LogP contribution in [0.2, 0.25) is 0 Å². The summed E-state index contributed by atoms with van der Waals surface area (Å²) < 4.78 is 0. The summed E-state index contributed by atoms with van der Waals surface area (Å²) in [4.78, 5) is 25.5. The van der Waals surface area contributed by atoms with Crippen LogP contribution in [0.4, 0.5) is 5.69 Å². The summed E-state index contributed by atoms with van der Waals surface area (Å²) in [6, 6.07) is 2.71. The van der Waals surface area contributed by atoms with E-state index >= 15 is 0 Å². The van der Waals surface area contributed by atoms with Gasteiger partial charge < -0.3 is 15.5 Å². The molecule has 1 amide bonds. The molecule has 5 nitrogen and oxygen atoms in total. The Labute approximate surface area is 162 Å². The Hall–Kier alpha value is -2.04. The number of carbonyl (C=O) groups is 2. The smallest absolute Gasteiger partial charge is 0.230 e. The van der Waals surface area contributed by atoms with Gasteiger partial charge in [-0.3, -0.25) is 9.59 Å². The normalized spacial score (nSPS) is 16.1. The average molecular weight is 376 g/mol. The fraction of sp³-hybridized carbons (Fsp3) is 0.636. The van der Waals surface area contributed by atoms with Gasteiger partial charge in [-0.15, -0.1) is 0 Å². The molecule has 1 aromatic rings. The molecule has 3 N–H and O–H groups in total. The Morgan fingerprint density at radius 3 is 2.22 bits per heavy atom. The Morgan fingerprint density at radius 1 is 1.15 bits per heavy atom. The summed E-state index contributed by atoms with van der Waals surface area (Å²) in [5.41, 5.74) is 0.0465. The van der Waals surface area contributed by atoms with Gasteiger partial charge in [-0.1, -0.05) is 41.0 Å². The number of rotatable bonds is 7. The molecule has 2 rings (SSSR count). The van der Waals surface area contributed by atoms with Gasteiger partial charge in [0.15, 0.2) is 11.5 Å². The second-order valence-corrected chi connectivity index (χ2v) is 9.37. The third-order valence-corrected chi connectivity index (χ3v) is 5.63. The highest BCUT2D eigenvalue weighted by Gasteiger charge is 2.43. The number of anilines is 1. The summed E-state index contributed by atoms with van der Waals surface area (Å²) in [7, 11) is 0. The summed E-state index contributed by atoms with van der Waals surface area (Å²) in [5, 5.41) is 22.7. The maximum atomic E-state index is 13.0. The maximum Gasteiger partial charge on any atom is 0.230 e. The van der Waals surface area contributed by atoms with Crippen molar-refractivity contribution in [2.45, 2.75) is 73.1 Å². The summed E-state index contributed by atoms with van der Waals surface area (Å²) in [6.07, 6.45) is 4.70. The molecule has 1 aromatic carbocycles. The summed E-state index contributed by atoms with van der Waals surface area (Å²) >= 11 is 0. The molecule has 27 heavy (non-hydrogen) atoms. The minimum atomic E-state index is -0.527. The molecule has 0 bridgehead atoms. The Bertz CT molecular complexity index is 712. The number of amides is 1. The zero-order chi connectivity index (χ0) is 20.4. The number of phenols is 2. The minimum Gasteiger partial charge on any atom is -0.504 e. The van der Waals surface area contributed by atoms with Crippen LogP contribution in [0.25, 0.3) is 0 Å². The van der Waals surface area contributed by atoms with E-state index < -0.39 is 5.41 Å². The van der Waals surface area contributed by atoms with Crippen molar-refractivity contribution in [1.82, 2.24) is 0 Å². The van der Waals surface area contributed by atoms with Crippen molar-refractivity contribution in [1.29, 1.82) is 0 Å². The number of hydrogen-bond acceptors (Lipinski definition) is 4. The van der Waals surface area contributed by atoms with Gasteiger partial charge in [0.25, 0.3) is 0 Å². The van der Waals surface area contributed by atoms with Crippen LogP contribution in [0.15, 0.2) is 12.1 Å². The van der Waals surface area contributed by atoms with Crippen LogP contribution < -0.4 is 5.32 Å². The Morgan fingerprint density at radius 2 is 1.74 bits per heavy atom. The molecule has 0 unspecified atom stereocenters. The zero-order valence-electron chi connectivity index (χ0n) is 17.2. The molecule has 0 aromatic heterocycles. The van der Waals surface area contributed by atoms with Crippen LogP contribution in [0.5, 0.6) is 11.5 Å². The second kappa shape index (κ2) is 7.91. The summed E-state index contributed by atoms with van der Waals surface area (Å²) in [5.74, 6) is -0.108. The van der Waals surface area contributed by atoms with E-state index in [1.54, 1.807) is 0 Å². The third-order valence-electron chi connectivity index (χ3n) is 5.63. The number of phenolic OH excluding ortho intramolecular Hbond substituents is 2. The van der Waals surface area contributed by atoms with E-state index in [1.807, 2.05) is 20.8 Å². The molecule has 1 aliphatic carbocycles. The maximum absolute atomic E-state index is 13.0. The van der Waals surface area contributed by atoms with Crippen molar-refractivity contribution >= 4 is 17.4 Å². The number of Topliss-reactive ketones (excluding diaryl/α,β-unsaturated/α-hetero) is 1. The van der Waals surface area contributed by atoms with E-state index in [1.165, 1.54) is 12.1 Å². The highest BCUT2D eigenvalue weighted by atomic mass is 16.3. The van der Waals surface area contributed by atoms with Crippen molar-refractivity contribution in [2.24, 2.45) is 16.7 Å². The van der Waals surface area contributed by atoms with E-state index in [9.17, 15) is 19.8 Å². The van der Waals surface area contributed by atoms with Crippen molar-refractivity contribution in [3.8, 4) is 11.5 Å². The molecule has 0 heterocycles. The van der Waals surface area contributed by atoms with Crippen LogP contribution in [-0.4, -0.2) is 21.9 Å². The van der Waals surface area contributed by atoms with Gasteiger partial charge in [0.2, 0.25) is 5.91 Å². The molecule has 0 radical (unpaired) electrons. The van der Waals surface area contributed by atoms with Crippen LogP contribution in [0, 0.1) is 16.7 Å². The quantitative estimate of drug-likeness (QED) is 0.472. The van der Waals surface area contributed by atoms with Gasteiger partial charge in [0, 0.05) is 29.0 Å². The molecular formula is C22H33NO4. The van der Waals surface area contributed by atoms with E-state index in [4.69, 9.17) is 0 Å². The zero-order valence-corrected chi connectivity index (χ0v) is 17.2. The summed E-state index contributed by atoms with van der Waals surface area (Å²) in [6.45, 7) is 9.81. The molecule has 0 atom stereocenters. The standard InChI is InChI=1S/C22H33NO4/c1-14(2)7-10-22(8-6-9-22)20(27)23-16-13-18(25)17(24)11-15(16)12-19(26)21(3,4)5/h11,13-14,24-25H,6-10,12H2,1-5H3,(H,23,27). The number of carbonyl (C=O) groups excluding carboxylic acids is 2. The predicted molar refractivity (Wildman–Crippen MR) is 107 cm³/mol. The molecule has 1 aliphatic rings. The first-order chi connectivity index (χ1) is 12.4. The highest BCUT2D eigenvalue weighted by Crippen LogP contribution is 2.47. The number of hydrogen-bond donors (Lipinski definition) is 3. The van der Waals surface area contributed by atoms with Gasteiger partial charge in [-0.05, 0) is 43.2 Å². The fourth-order valence-electron chi connectivity index (χ4n) is 3.33. The highest BCUT2D eigenvalue weighted by molar-refractivity contribution is 5.98. The van der Waals surface area contributed by atoms with Crippen molar-refractivity contribution in [2.75, 3.05) is 5.32 Å². The van der Waals surface area contributed by atoms with E-state index in [2.05, 4.69) is 19.2 Å². The Balaban J connectivity index is 2.25. The van der Waals surface area contributed by atoms with Gasteiger partial charge in [0.1, 0.15) is 5.78 Å². The van der Waals surface area contributed by atoms with Crippen LogP contribution in [0.1, 0.15) is 72.3 Å². The molecule has 5 heteroatoms. The van der Waals surface area contributed by atoms with E-state index in [0.29, 0.717) is 17.2 Å². The Kier molecular flexibility index (Phi) is 6.23. The lowest BCUT2D eigenvalue weighted by Gasteiger charge is -2.41. The first kappa shape index (κ1) is 21.3. The topological polar surface area (TPSA) is 86.6 Å². The van der Waals surface area contributed by atoms with Crippen molar-refractivity contribution < 1.29 is 19.8 Å². The lowest BCUT2D eigenvalue weighted by atomic mass is 9.64. The minimum absolute atomic E-state index is 0.00116. The predicted octanol–water partition coefficient (Wildman–Crippen LogP) is 4.80. The van der Waals surface area contributed by atoms with Gasteiger partial charge in [-0.2, -0.15) is 0 Å². The molecule has 0 spiro atoms. The number of nitrogens with one attached hydrogen (secondary N) is 1. The van der Waals surface area contributed by atoms with Crippen molar-refractivity contribution in [3.63, 3.8) is 0 Å². The number of aromatic hydroxyl groups is 2. The SMILES string of the molecule is CC(C)CCC1(C(=O)Nc2cc(O)c(O)cc2CC(=O)C(C)(C)C)CCC1. The first-order valence-corrected chi connectivity index (χ1v) is 9.84.